The maximum atomic E-state index is 13.5. The van der Waals surface area contributed by atoms with E-state index in [1.165, 1.54) is 36.3 Å². The minimum absolute atomic E-state index is 0.129. The Morgan fingerprint density at radius 1 is 1.48 bits per heavy atom. The van der Waals surface area contributed by atoms with Crippen molar-refractivity contribution in [2.24, 2.45) is 0 Å². The zero-order valence-corrected chi connectivity index (χ0v) is 11.6. The third-order valence-electron chi connectivity index (χ3n) is 3.42. The summed E-state index contributed by atoms with van der Waals surface area (Å²) in [6, 6.07) is 3.57. The molecule has 1 aliphatic heterocycles. The minimum Gasteiger partial charge on any atom is -0.494 e. The van der Waals surface area contributed by atoms with Crippen molar-refractivity contribution in [1.29, 1.82) is 0 Å². The predicted octanol–water partition coefficient (Wildman–Crippen LogP) is 1.92. The van der Waals surface area contributed by atoms with Gasteiger partial charge in [0.15, 0.2) is 11.6 Å². The first-order chi connectivity index (χ1) is 10.0. The molecule has 1 fully saturated rings. The number of hydrogen-bond donors (Lipinski definition) is 1. The highest BCUT2D eigenvalue weighted by Crippen LogP contribution is 2.20. The standard InChI is InChI=1S/C15H16FNO4/c1-21-13-6-4-10(9-11(13)16)5-7-14(18)17-8-2-3-12(17)15(19)20/h4-7,9,12H,2-3,8H2,1H3,(H,19,20)/b7-5+/t12-/m0/s1. The molecule has 21 heavy (non-hydrogen) atoms. The number of hydrogen-bond acceptors (Lipinski definition) is 3. The molecule has 0 aromatic heterocycles. The summed E-state index contributed by atoms with van der Waals surface area (Å²) in [5.74, 6) is -1.76. The van der Waals surface area contributed by atoms with Gasteiger partial charge in [0.2, 0.25) is 5.91 Å². The van der Waals surface area contributed by atoms with Gasteiger partial charge in [-0.15, -0.1) is 0 Å². The Balaban J connectivity index is 2.08. The van der Waals surface area contributed by atoms with Gasteiger partial charge in [-0.25, -0.2) is 9.18 Å². The van der Waals surface area contributed by atoms with Gasteiger partial charge in [0.05, 0.1) is 7.11 Å². The van der Waals surface area contributed by atoms with E-state index < -0.39 is 17.8 Å². The Morgan fingerprint density at radius 3 is 2.86 bits per heavy atom. The second-order valence-electron chi connectivity index (χ2n) is 4.76. The van der Waals surface area contributed by atoms with Crippen molar-refractivity contribution in [3.63, 3.8) is 0 Å². The third-order valence-corrected chi connectivity index (χ3v) is 3.42. The van der Waals surface area contributed by atoms with E-state index in [2.05, 4.69) is 0 Å². The average molecular weight is 293 g/mol. The van der Waals surface area contributed by atoms with Crippen LogP contribution in [0.4, 0.5) is 4.39 Å². The highest BCUT2D eigenvalue weighted by atomic mass is 19.1. The molecule has 0 aliphatic carbocycles. The van der Waals surface area contributed by atoms with Crippen molar-refractivity contribution >= 4 is 18.0 Å². The van der Waals surface area contributed by atoms with E-state index >= 15 is 0 Å². The van der Waals surface area contributed by atoms with Gasteiger partial charge in [-0.1, -0.05) is 6.07 Å². The van der Waals surface area contributed by atoms with E-state index in [9.17, 15) is 14.0 Å². The Hall–Kier alpha value is -2.37. The number of carboxylic acids is 1. The molecular weight excluding hydrogens is 277 g/mol. The molecule has 1 aliphatic rings. The van der Waals surface area contributed by atoms with Crippen LogP contribution in [0.25, 0.3) is 6.08 Å². The number of nitrogens with zero attached hydrogens (tertiary/aromatic N) is 1. The van der Waals surface area contributed by atoms with Crippen molar-refractivity contribution in [2.45, 2.75) is 18.9 Å². The summed E-state index contributed by atoms with van der Waals surface area (Å²) in [7, 11) is 1.37. The largest absolute Gasteiger partial charge is 0.494 e. The lowest BCUT2D eigenvalue weighted by atomic mass is 10.2. The van der Waals surface area contributed by atoms with Crippen molar-refractivity contribution in [2.75, 3.05) is 13.7 Å². The normalized spacial score (nSPS) is 18.2. The van der Waals surface area contributed by atoms with Gasteiger partial charge in [-0.05, 0) is 36.6 Å². The van der Waals surface area contributed by atoms with Gasteiger partial charge in [-0.2, -0.15) is 0 Å². The van der Waals surface area contributed by atoms with Crippen LogP contribution in [0, 0.1) is 5.82 Å². The molecule has 0 unspecified atom stereocenters. The van der Waals surface area contributed by atoms with Gasteiger partial charge < -0.3 is 14.7 Å². The fraction of sp³-hybridized carbons (Fsp3) is 0.333. The maximum absolute atomic E-state index is 13.5. The lowest BCUT2D eigenvalue weighted by Crippen LogP contribution is -2.39. The minimum atomic E-state index is -0.996. The van der Waals surface area contributed by atoms with Gasteiger partial charge >= 0.3 is 5.97 Å². The molecule has 1 aromatic carbocycles. The van der Waals surface area contributed by atoms with Crippen LogP contribution < -0.4 is 4.74 Å². The van der Waals surface area contributed by atoms with Crippen LogP contribution >= 0.6 is 0 Å². The highest BCUT2D eigenvalue weighted by Gasteiger charge is 2.32. The van der Waals surface area contributed by atoms with Crippen LogP contribution in [-0.2, 0) is 9.59 Å². The number of methoxy groups -OCH3 is 1. The zero-order chi connectivity index (χ0) is 15.4. The fourth-order valence-corrected chi connectivity index (χ4v) is 2.34. The molecule has 0 radical (unpaired) electrons. The Bertz CT molecular complexity index is 585. The topological polar surface area (TPSA) is 66.8 Å². The van der Waals surface area contributed by atoms with Gasteiger partial charge in [-0.3, -0.25) is 4.79 Å². The summed E-state index contributed by atoms with van der Waals surface area (Å²) in [5, 5.41) is 9.03. The van der Waals surface area contributed by atoms with Crippen molar-refractivity contribution in [1.82, 2.24) is 4.90 Å². The van der Waals surface area contributed by atoms with E-state index in [1.807, 2.05) is 0 Å². The Labute approximate surface area is 121 Å². The molecule has 0 spiro atoms. The van der Waals surface area contributed by atoms with E-state index in [0.717, 1.165) is 0 Å². The molecular formula is C15H16FNO4. The quantitative estimate of drug-likeness (QED) is 0.861. The van der Waals surface area contributed by atoms with Crippen molar-refractivity contribution in [3.05, 3.63) is 35.7 Å². The molecule has 1 aromatic rings. The molecule has 1 amide bonds. The second kappa shape index (κ2) is 6.39. The summed E-state index contributed by atoms with van der Waals surface area (Å²) < 4.78 is 18.3. The lowest BCUT2D eigenvalue weighted by Gasteiger charge is -2.19. The molecule has 1 atom stereocenters. The first kappa shape index (κ1) is 15.0. The fourth-order valence-electron chi connectivity index (χ4n) is 2.34. The number of likely N-dealkylation sites (tertiary alicyclic amines) is 1. The van der Waals surface area contributed by atoms with Gasteiger partial charge in [0.1, 0.15) is 6.04 Å². The van der Waals surface area contributed by atoms with E-state index in [4.69, 9.17) is 9.84 Å². The van der Waals surface area contributed by atoms with Crippen molar-refractivity contribution in [3.8, 4) is 5.75 Å². The van der Waals surface area contributed by atoms with E-state index in [0.29, 0.717) is 24.9 Å². The SMILES string of the molecule is COc1ccc(/C=C/C(=O)N2CCC[C@H]2C(=O)O)cc1F. The number of halogens is 1. The molecule has 112 valence electrons. The number of carbonyl (C=O) groups is 2. The number of amides is 1. The number of carbonyl (C=O) groups excluding carboxylic acids is 1. The first-order valence-corrected chi connectivity index (χ1v) is 6.58. The molecule has 0 saturated carbocycles. The lowest BCUT2D eigenvalue weighted by molar-refractivity contribution is -0.146. The van der Waals surface area contributed by atoms with Crippen molar-refractivity contribution < 1.29 is 23.8 Å². The first-order valence-electron chi connectivity index (χ1n) is 6.58. The number of benzene rings is 1. The summed E-state index contributed by atoms with van der Waals surface area (Å²) in [6.45, 7) is 0.428. The van der Waals surface area contributed by atoms with Crippen LogP contribution in [0.3, 0.4) is 0 Å². The summed E-state index contributed by atoms with van der Waals surface area (Å²) in [4.78, 5) is 24.3. The summed E-state index contributed by atoms with van der Waals surface area (Å²) in [5.41, 5.74) is 0.507. The summed E-state index contributed by atoms with van der Waals surface area (Å²) >= 11 is 0. The molecule has 1 N–H and O–H groups in total. The van der Waals surface area contributed by atoms with Crippen LogP contribution in [-0.4, -0.2) is 41.6 Å². The van der Waals surface area contributed by atoms with Gasteiger partial charge in [0, 0.05) is 12.6 Å². The van der Waals surface area contributed by atoms with Crippen LogP contribution in [0.2, 0.25) is 0 Å². The average Bonchev–Trinajstić information content (AvgIpc) is 2.94. The van der Waals surface area contributed by atoms with E-state index in [1.54, 1.807) is 6.07 Å². The molecule has 1 saturated heterocycles. The number of rotatable bonds is 4. The highest BCUT2D eigenvalue weighted by molar-refractivity contribution is 5.94. The smallest absolute Gasteiger partial charge is 0.326 e. The van der Waals surface area contributed by atoms with Crippen LogP contribution in [0.5, 0.6) is 5.75 Å². The summed E-state index contributed by atoms with van der Waals surface area (Å²) in [6.07, 6.45) is 3.87. The molecule has 6 heteroatoms. The Morgan fingerprint density at radius 2 is 2.24 bits per heavy atom. The molecule has 2 rings (SSSR count). The monoisotopic (exact) mass is 293 g/mol. The Kier molecular flexibility index (Phi) is 4.57. The van der Waals surface area contributed by atoms with E-state index in [-0.39, 0.29) is 11.7 Å². The number of aliphatic carboxylic acids is 1. The molecule has 1 heterocycles. The van der Waals surface area contributed by atoms with Crippen LogP contribution in [0.15, 0.2) is 24.3 Å². The predicted molar refractivity (Wildman–Crippen MR) is 74.4 cm³/mol. The molecule has 0 bridgehead atoms. The third kappa shape index (κ3) is 3.39. The maximum Gasteiger partial charge on any atom is 0.326 e. The van der Waals surface area contributed by atoms with Crippen LogP contribution in [0.1, 0.15) is 18.4 Å². The number of ether oxygens (including phenoxy) is 1. The zero-order valence-electron chi connectivity index (χ0n) is 11.6. The van der Waals surface area contributed by atoms with Gasteiger partial charge in [0.25, 0.3) is 0 Å². The molecule has 5 nitrogen and oxygen atoms in total. The number of carboxylic acid groups (broad SMARTS) is 1. The second-order valence-corrected chi connectivity index (χ2v) is 4.76.